The zero-order valence-corrected chi connectivity index (χ0v) is 12.5. The second-order valence-electron chi connectivity index (χ2n) is 5.26. The van der Waals surface area contributed by atoms with Crippen molar-refractivity contribution >= 4 is 29.4 Å². The minimum Gasteiger partial charge on any atom is -0.481 e. The number of ether oxygens (including phenoxy) is 1. The van der Waals surface area contributed by atoms with Crippen molar-refractivity contribution in [2.45, 2.75) is 32.8 Å². The van der Waals surface area contributed by atoms with Crippen LogP contribution in [0.15, 0.2) is 24.3 Å². The number of benzene rings is 1. The molecule has 0 aromatic heterocycles. The normalized spacial score (nSPS) is 11.0. The Kier molecular flexibility index (Phi) is 5.39. The van der Waals surface area contributed by atoms with Crippen LogP contribution in [0.2, 0.25) is 5.02 Å². The van der Waals surface area contributed by atoms with Crippen LogP contribution in [-0.4, -0.2) is 29.3 Å². The van der Waals surface area contributed by atoms with E-state index in [9.17, 15) is 9.59 Å². The summed E-state index contributed by atoms with van der Waals surface area (Å²) in [6, 6.07) is 6.64. The molecule has 0 unspecified atom stereocenters. The van der Waals surface area contributed by atoms with E-state index in [4.69, 9.17) is 21.4 Å². The summed E-state index contributed by atoms with van der Waals surface area (Å²) in [4.78, 5) is 24.1. The number of carboxylic acid groups (broad SMARTS) is 1. The first-order valence-electron chi connectivity index (χ1n) is 6.17. The molecule has 1 aromatic carbocycles. The van der Waals surface area contributed by atoms with E-state index in [0.717, 1.165) is 0 Å². The van der Waals surface area contributed by atoms with Crippen LogP contribution in [0.25, 0.3) is 0 Å². The number of rotatable bonds is 4. The molecule has 5 nitrogen and oxygen atoms in total. The molecule has 0 saturated heterocycles. The van der Waals surface area contributed by atoms with Crippen LogP contribution in [0.4, 0.5) is 10.5 Å². The average molecular weight is 300 g/mol. The van der Waals surface area contributed by atoms with E-state index < -0.39 is 17.7 Å². The fourth-order valence-electron chi connectivity index (χ4n) is 1.49. The second-order valence-corrected chi connectivity index (χ2v) is 5.69. The van der Waals surface area contributed by atoms with E-state index in [1.807, 2.05) is 0 Å². The number of carbonyl (C=O) groups excluding carboxylic acids is 1. The van der Waals surface area contributed by atoms with E-state index in [1.54, 1.807) is 45.0 Å². The predicted octanol–water partition coefficient (Wildman–Crippen LogP) is 3.56. The average Bonchev–Trinajstić information content (AvgIpc) is 2.26. The Bertz CT molecular complexity index is 496. The van der Waals surface area contributed by atoms with Crippen molar-refractivity contribution in [2.24, 2.45) is 0 Å². The van der Waals surface area contributed by atoms with Crippen LogP contribution < -0.4 is 4.90 Å². The van der Waals surface area contributed by atoms with Gasteiger partial charge in [0.2, 0.25) is 0 Å². The minimum atomic E-state index is -0.986. The molecular formula is C14H18ClNO4. The minimum absolute atomic E-state index is 0.0184. The Labute approximate surface area is 123 Å². The van der Waals surface area contributed by atoms with E-state index in [-0.39, 0.29) is 13.0 Å². The molecule has 1 rings (SSSR count). The van der Waals surface area contributed by atoms with Crippen molar-refractivity contribution in [3.63, 3.8) is 0 Å². The Morgan fingerprint density at radius 2 is 2.00 bits per heavy atom. The number of anilines is 1. The Morgan fingerprint density at radius 1 is 1.35 bits per heavy atom. The first-order valence-corrected chi connectivity index (χ1v) is 6.55. The molecule has 1 amide bonds. The number of hydrogen-bond donors (Lipinski definition) is 1. The maximum Gasteiger partial charge on any atom is 0.414 e. The fraction of sp³-hybridized carbons (Fsp3) is 0.429. The topological polar surface area (TPSA) is 66.8 Å². The zero-order chi connectivity index (χ0) is 15.3. The van der Waals surface area contributed by atoms with Gasteiger partial charge in [-0.1, -0.05) is 17.7 Å². The lowest BCUT2D eigenvalue weighted by molar-refractivity contribution is -0.136. The van der Waals surface area contributed by atoms with Crippen LogP contribution in [0.1, 0.15) is 27.2 Å². The van der Waals surface area contributed by atoms with Crippen LogP contribution >= 0.6 is 11.6 Å². The maximum absolute atomic E-state index is 12.2. The van der Waals surface area contributed by atoms with Crippen molar-refractivity contribution in [3.8, 4) is 0 Å². The molecule has 0 fully saturated rings. The standard InChI is InChI=1S/C14H18ClNO4/c1-14(2,3)20-13(19)16(8-7-12(17)18)11-6-4-5-10(15)9-11/h4-6,9H,7-8H2,1-3H3,(H,17,18). The van der Waals surface area contributed by atoms with Gasteiger partial charge in [-0.05, 0) is 39.0 Å². The fourth-order valence-corrected chi connectivity index (χ4v) is 1.68. The van der Waals surface area contributed by atoms with E-state index in [2.05, 4.69) is 0 Å². The second kappa shape index (κ2) is 6.61. The van der Waals surface area contributed by atoms with Crippen LogP contribution in [0.5, 0.6) is 0 Å². The lowest BCUT2D eigenvalue weighted by atomic mass is 10.2. The van der Waals surface area contributed by atoms with Crippen molar-refractivity contribution in [1.29, 1.82) is 0 Å². The van der Waals surface area contributed by atoms with Gasteiger partial charge in [-0.25, -0.2) is 4.79 Å². The summed E-state index contributed by atoms with van der Waals surface area (Å²) in [5.41, 5.74) is -0.148. The molecule has 0 atom stereocenters. The summed E-state index contributed by atoms with van der Waals surface area (Å²) in [7, 11) is 0. The van der Waals surface area contributed by atoms with Gasteiger partial charge in [-0.2, -0.15) is 0 Å². The number of nitrogens with zero attached hydrogens (tertiary/aromatic N) is 1. The number of amides is 1. The van der Waals surface area contributed by atoms with Crippen LogP contribution in [0.3, 0.4) is 0 Å². The third-order valence-corrected chi connectivity index (χ3v) is 2.52. The highest BCUT2D eigenvalue weighted by Gasteiger charge is 2.24. The molecule has 0 saturated carbocycles. The molecule has 0 radical (unpaired) electrons. The summed E-state index contributed by atoms with van der Waals surface area (Å²) >= 11 is 5.89. The summed E-state index contributed by atoms with van der Waals surface area (Å²) < 4.78 is 5.28. The van der Waals surface area contributed by atoms with E-state index >= 15 is 0 Å². The smallest absolute Gasteiger partial charge is 0.414 e. The molecule has 1 N–H and O–H groups in total. The molecule has 110 valence electrons. The Morgan fingerprint density at radius 3 is 2.50 bits per heavy atom. The van der Waals surface area contributed by atoms with Crippen molar-refractivity contribution in [3.05, 3.63) is 29.3 Å². The molecule has 20 heavy (non-hydrogen) atoms. The molecular weight excluding hydrogens is 282 g/mol. The molecule has 0 bridgehead atoms. The van der Waals surface area contributed by atoms with Crippen molar-refractivity contribution in [2.75, 3.05) is 11.4 Å². The van der Waals surface area contributed by atoms with Gasteiger partial charge in [0.15, 0.2) is 0 Å². The van der Waals surface area contributed by atoms with Gasteiger partial charge in [0.1, 0.15) is 5.60 Å². The number of halogens is 1. The Balaban J connectivity index is 2.95. The van der Waals surface area contributed by atoms with E-state index in [0.29, 0.717) is 10.7 Å². The van der Waals surface area contributed by atoms with Gasteiger partial charge in [0.25, 0.3) is 0 Å². The largest absolute Gasteiger partial charge is 0.481 e. The highest BCUT2D eigenvalue weighted by Crippen LogP contribution is 2.22. The SMILES string of the molecule is CC(C)(C)OC(=O)N(CCC(=O)O)c1cccc(Cl)c1. The summed E-state index contributed by atoms with van der Waals surface area (Å²) in [5.74, 6) is -0.986. The van der Waals surface area contributed by atoms with Gasteiger partial charge in [-0.15, -0.1) is 0 Å². The molecule has 0 aliphatic carbocycles. The molecule has 6 heteroatoms. The quantitative estimate of drug-likeness (QED) is 0.923. The van der Waals surface area contributed by atoms with E-state index in [1.165, 1.54) is 4.90 Å². The van der Waals surface area contributed by atoms with Crippen LogP contribution in [0, 0.1) is 0 Å². The van der Waals surface area contributed by atoms with Crippen molar-refractivity contribution < 1.29 is 19.4 Å². The molecule has 0 aliphatic rings. The zero-order valence-electron chi connectivity index (χ0n) is 11.7. The first kappa shape index (κ1) is 16.3. The highest BCUT2D eigenvalue weighted by molar-refractivity contribution is 6.30. The number of carboxylic acids is 1. The molecule has 0 spiro atoms. The monoisotopic (exact) mass is 299 g/mol. The van der Waals surface area contributed by atoms with Crippen molar-refractivity contribution in [1.82, 2.24) is 0 Å². The first-order chi connectivity index (χ1) is 9.19. The number of hydrogen-bond acceptors (Lipinski definition) is 3. The summed E-state index contributed by atoms with van der Waals surface area (Å²) in [6.07, 6.45) is -0.771. The van der Waals surface area contributed by atoms with Gasteiger partial charge in [0.05, 0.1) is 6.42 Å². The highest BCUT2D eigenvalue weighted by atomic mass is 35.5. The number of aliphatic carboxylic acids is 1. The third kappa shape index (κ3) is 5.48. The number of carbonyl (C=O) groups is 2. The van der Waals surface area contributed by atoms with Gasteiger partial charge in [0, 0.05) is 17.3 Å². The maximum atomic E-state index is 12.2. The molecule has 0 heterocycles. The molecule has 1 aromatic rings. The predicted molar refractivity (Wildman–Crippen MR) is 77.3 cm³/mol. The van der Waals surface area contributed by atoms with Crippen LogP contribution in [-0.2, 0) is 9.53 Å². The summed E-state index contributed by atoms with van der Waals surface area (Å²) in [6.45, 7) is 5.26. The molecule has 0 aliphatic heterocycles. The van der Waals surface area contributed by atoms with Gasteiger partial charge >= 0.3 is 12.1 Å². The Hall–Kier alpha value is -1.75. The lowest BCUT2D eigenvalue weighted by Gasteiger charge is -2.27. The third-order valence-electron chi connectivity index (χ3n) is 2.28. The van der Waals surface area contributed by atoms with Gasteiger partial charge < -0.3 is 9.84 Å². The lowest BCUT2D eigenvalue weighted by Crippen LogP contribution is -2.38. The van der Waals surface area contributed by atoms with Gasteiger partial charge in [-0.3, -0.25) is 9.69 Å². The summed E-state index contributed by atoms with van der Waals surface area (Å²) in [5, 5.41) is 9.24.